The highest BCUT2D eigenvalue weighted by molar-refractivity contribution is 5.19. The van der Waals surface area contributed by atoms with Crippen LogP contribution >= 0.6 is 0 Å². The number of nitrogens with one attached hydrogen (secondary N) is 2. The van der Waals surface area contributed by atoms with Gasteiger partial charge in [-0.05, 0) is 37.9 Å². The molecule has 1 unspecified atom stereocenters. The van der Waals surface area contributed by atoms with Gasteiger partial charge >= 0.3 is 0 Å². The number of piperidine rings is 1. The molecule has 1 aromatic carbocycles. The minimum Gasteiger partial charge on any atom is -0.317 e. The Kier molecular flexibility index (Phi) is 5.02. The molecule has 0 saturated carbocycles. The second-order valence-electron chi connectivity index (χ2n) is 4.94. The van der Waals surface area contributed by atoms with E-state index in [-0.39, 0.29) is 0 Å². The monoisotopic (exact) mass is 232 g/mol. The van der Waals surface area contributed by atoms with Crippen LogP contribution in [0.2, 0.25) is 0 Å². The number of hydrogen-bond donors (Lipinski definition) is 2. The Balaban J connectivity index is 1.96. The van der Waals surface area contributed by atoms with Gasteiger partial charge in [0.15, 0.2) is 0 Å². The maximum Gasteiger partial charge on any atom is 0.0322 e. The minimum absolute atomic E-state index is 0.532. The third kappa shape index (κ3) is 3.83. The van der Waals surface area contributed by atoms with E-state index in [1.807, 2.05) is 0 Å². The van der Waals surface area contributed by atoms with E-state index in [1.54, 1.807) is 0 Å². The summed E-state index contributed by atoms with van der Waals surface area (Å²) in [6, 6.07) is 12.1. The lowest BCUT2D eigenvalue weighted by Gasteiger charge is -2.29. The first-order valence-electron chi connectivity index (χ1n) is 6.92. The third-order valence-corrected chi connectivity index (χ3v) is 3.56. The van der Waals surface area contributed by atoms with Crippen LogP contribution < -0.4 is 10.6 Å². The topological polar surface area (TPSA) is 24.1 Å². The summed E-state index contributed by atoms with van der Waals surface area (Å²) in [5.74, 6) is 0. The maximum absolute atomic E-state index is 3.83. The van der Waals surface area contributed by atoms with Crippen LogP contribution in [0.4, 0.5) is 0 Å². The average molecular weight is 232 g/mol. The second-order valence-corrected chi connectivity index (χ2v) is 4.94. The molecule has 1 aliphatic heterocycles. The van der Waals surface area contributed by atoms with Crippen molar-refractivity contribution in [3.05, 3.63) is 35.9 Å². The fourth-order valence-corrected chi connectivity index (χ4v) is 2.59. The Morgan fingerprint density at radius 2 is 1.94 bits per heavy atom. The van der Waals surface area contributed by atoms with Crippen LogP contribution in [0.3, 0.4) is 0 Å². The molecule has 1 heterocycles. The van der Waals surface area contributed by atoms with Gasteiger partial charge in [0, 0.05) is 12.1 Å². The van der Waals surface area contributed by atoms with Crippen LogP contribution in [0.15, 0.2) is 30.3 Å². The van der Waals surface area contributed by atoms with Crippen LogP contribution in [0.25, 0.3) is 0 Å². The van der Waals surface area contributed by atoms with E-state index in [1.165, 1.54) is 31.2 Å². The largest absolute Gasteiger partial charge is 0.317 e. The Morgan fingerprint density at radius 3 is 2.59 bits per heavy atom. The Labute approximate surface area is 105 Å². The van der Waals surface area contributed by atoms with Crippen molar-refractivity contribution in [3.8, 4) is 0 Å². The molecule has 2 nitrogen and oxygen atoms in total. The molecule has 1 aromatic rings. The van der Waals surface area contributed by atoms with Gasteiger partial charge in [-0.1, -0.05) is 43.7 Å². The van der Waals surface area contributed by atoms with E-state index in [4.69, 9.17) is 0 Å². The first-order chi connectivity index (χ1) is 8.40. The number of benzene rings is 1. The van der Waals surface area contributed by atoms with Crippen LogP contribution in [0.1, 0.15) is 44.2 Å². The molecule has 0 spiro atoms. The molecule has 0 bridgehead atoms. The fourth-order valence-electron chi connectivity index (χ4n) is 2.59. The van der Waals surface area contributed by atoms with Gasteiger partial charge in [-0.3, -0.25) is 0 Å². The molecule has 0 aliphatic carbocycles. The molecule has 2 rings (SSSR count). The minimum atomic E-state index is 0.532. The summed E-state index contributed by atoms with van der Waals surface area (Å²) in [6.45, 7) is 4.58. The fraction of sp³-hybridized carbons (Fsp3) is 0.600. The molecule has 0 radical (unpaired) electrons. The highest BCUT2D eigenvalue weighted by Gasteiger charge is 2.17. The Morgan fingerprint density at radius 1 is 1.24 bits per heavy atom. The summed E-state index contributed by atoms with van der Waals surface area (Å²) in [5.41, 5.74) is 1.44. The van der Waals surface area contributed by atoms with E-state index in [0.29, 0.717) is 12.1 Å². The van der Waals surface area contributed by atoms with Gasteiger partial charge in [-0.2, -0.15) is 0 Å². The first-order valence-corrected chi connectivity index (χ1v) is 6.92. The summed E-state index contributed by atoms with van der Waals surface area (Å²) in [6.07, 6.45) is 4.98. The highest BCUT2D eigenvalue weighted by atomic mass is 15.0. The van der Waals surface area contributed by atoms with Crippen molar-refractivity contribution < 1.29 is 0 Å². The third-order valence-electron chi connectivity index (χ3n) is 3.56. The predicted octanol–water partition coefficient (Wildman–Crippen LogP) is 2.87. The summed E-state index contributed by atoms with van der Waals surface area (Å²) >= 11 is 0. The lowest BCUT2D eigenvalue weighted by atomic mass is 9.98. The molecule has 1 atom stereocenters. The van der Waals surface area contributed by atoms with Gasteiger partial charge in [0.2, 0.25) is 0 Å². The van der Waals surface area contributed by atoms with Crippen molar-refractivity contribution in [1.82, 2.24) is 10.6 Å². The molecule has 1 saturated heterocycles. The SMILES string of the molecule is CCCC(NC1CCNCC1)c1ccccc1. The number of rotatable bonds is 5. The average Bonchev–Trinajstić information content (AvgIpc) is 2.40. The lowest BCUT2D eigenvalue weighted by Crippen LogP contribution is -2.41. The van der Waals surface area contributed by atoms with Crippen molar-refractivity contribution in [2.45, 2.75) is 44.7 Å². The van der Waals surface area contributed by atoms with Crippen LogP contribution in [0, 0.1) is 0 Å². The highest BCUT2D eigenvalue weighted by Crippen LogP contribution is 2.20. The van der Waals surface area contributed by atoms with Crippen molar-refractivity contribution in [2.75, 3.05) is 13.1 Å². The molecule has 17 heavy (non-hydrogen) atoms. The van der Waals surface area contributed by atoms with Gasteiger partial charge in [-0.15, -0.1) is 0 Å². The standard InChI is InChI=1S/C15H24N2/c1-2-6-15(13-7-4-3-5-8-13)17-14-9-11-16-12-10-14/h3-5,7-8,14-17H,2,6,9-12H2,1H3. The maximum atomic E-state index is 3.83. The van der Waals surface area contributed by atoms with Crippen molar-refractivity contribution >= 4 is 0 Å². The molecule has 94 valence electrons. The van der Waals surface area contributed by atoms with E-state index in [0.717, 1.165) is 13.1 Å². The van der Waals surface area contributed by atoms with Gasteiger partial charge in [0.25, 0.3) is 0 Å². The molecule has 2 heteroatoms. The van der Waals surface area contributed by atoms with Gasteiger partial charge in [-0.25, -0.2) is 0 Å². The van der Waals surface area contributed by atoms with Crippen LogP contribution in [0.5, 0.6) is 0 Å². The lowest BCUT2D eigenvalue weighted by molar-refractivity contribution is 0.340. The van der Waals surface area contributed by atoms with Crippen molar-refractivity contribution in [2.24, 2.45) is 0 Å². The summed E-state index contributed by atoms with van der Waals surface area (Å²) in [7, 11) is 0. The predicted molar refractivity (Wildman–Crippen MR) is 73.1 cm³/mol. The molecule has 1 fully saturated rings. The molecule has 0 amide bonds. The zero-order valence-electron chi connectivity index (χ0n) is 10.8. The Hall–Kier alpha value is -0.860. The van der Waals surface area contributed by atoms with E-state index in [9.17, 15) is 0 Å². The van der Waals surface area contributed by atoms with Crippen LogP contribution in [-0.4, -0.2) is 19.1 Å². The normalized spacial score (nSPS) is 19.1. The second kappa shape index (κ2) is 6.77. The van der Waals surface area contributed by atoms with Crippen molar-refractivity contribution in [3.63, 3.8) is 0 Å². The summed E-state index contributed by atoms with van der Waals surface area (Å²) in [4.78, 5) is 0. The van der Waals surface area contributed by atoms with E-state index < -0.39 is 0 Å². The first kappa shape index (κ1) is 12.6. The molecule has 2 N–H and O–H groups in total. The van der Waals surface area contributed by atoms with Gasteiger partial charge in [0.1, 0.15) is 0 Å². The van der Waals surface area contributed by atoms with Crippen molar-refractivity contribution in [1.29, 1.82) is 0 Å². The van der Waals surface area contributed by atoms with E-state index in [2.05, 4.69) is 47.9 Å². The molecule has 0 aromatic heterocycles. The molecule has 1 aliphatic rings. The Bertz CT molecular complexity index is 304. The summed E-state index contributed by atoms with van der Waals surface area (Å²) < 4.78 is 0. The molecular weight excluding hydrogens is 208 g/mol. The zero-order valence-corrected chi connectivity index (χ0v) is 10.8. The zero-order chi connectivity index (χ0) is 11.9. The summed E-state index contributed by atoms with van der Waals surface area (Å²) in [5, 5.41) is 7.25. The molecular formula is C15H24N2. The van der Waals surface area contributed by atoms with Gasteiger partial charge in [0.05, 0.1) is 0 Å². The quantitative estimate of drug-likeness (QED) is 0.815. The number of hydrogen-bond acceptors (Lipinski definition) is 2. The van der Waals surface area contributed by atoms with Gasteiger partial charge < -0.3 is 10.6 Å². The smallest absolute Gasteiger partial charge is 0.0322 e. The van der Waals surface area contributed by atoms with E-state index >= 15 is 0 Å². The van der Waals surface area contributed by atoms with Crippen LogP contribution in [-0.2, 0) is 0 Å².